The summed E-state index contributed by atoms with van der Waals surface area (Å²) in [4.78, 5) is 4.93. The summed E-state index contributed by atoms with van der Waals surface area (Å²) in [6, 6.07) is 67.7. The highest BCUT2D eigenvalue weighted by molar-refractivity contribution is 7.99. The Morgan fingerprint density at radius 3 is 0.912 bits per heavy atom. The van der Waals surface area contributed by atoms with Gasteiger partial charge in [-0.2, -0.15) is 0 Å². The largest absolute Gasteiger partial charge is 0.497 e. The zero-order valence-electron chi connectivity index (χ0n) is 31.9. The standard InChI is InChI=1S/C52H42O3S2/c1-37-3-5-38(6-4-37)35-40-9-27-49(28-10-40)56-51-31-13-42(14-32-51)43-15-33-52(34-16-43)57-50-29-11-41(12-30-50)36-39-7-17-45(18-8-39)54-47-23-25-48(26-24-47)55-46-21-19-44(53-2)20-22-46/h3-34H,35-36H2,1-2H3. The van der Waals surface area contributed by atoms with Gasteiger partial charge in [0.25, 0.3) is 0 Å². The Labute approximate surface area is 344 Å². The van der Waals surface area contributed by atoms with Crippen LogP contribution in [0.5, 0.6) is 28.7 Å². The van der Waals surface area contributed by atoms with Crippen LogP contribution in [-0.2, 0) is 12.8 Å². The minimum atomic E-state index is 0.741. The zero-order valence-corrected chi connectivity index (χ0v) is 33.6. The molecule has 0 atom stereocenters. The van der Waals surface area contributed by atoms with E-state index in [1.807, 2.05) is 60.7 Å². The highest BCUT2D eigenvalue weighted by Crippen LogP contribution is 2.34. The molecule has 8 rings (SSSR count). The maximum Gasteiger partial charge on any atom is 0.127 e. The third-order valence-electron chi connectivity index (χ3n) is 9.58. The highest BCUT2D eigenvalue weighted by atomic mass is 32.2. The van der Waals surface area contributed by atoms with E-state index < -0.39 is 0 Å². The van der Waals surface area contributed by atoms with Crippen molar-refractivity contribution in [2.45, 2.75) is 39.3 Å². The van der Waals surface area contributed by atoms with E-state index in [9.17, 15) is 0 Å². The summed E-state index contributed by atoms with van der Waals surface area (Å²) < 4.78 is 17.2. The van der Waals surface area contributed by atoms with E-state index in [2.05, 4.69) is 140 Å². The molecule has 0 aliphatic rings. The summed E-state index contributed by atoms with van der Waals surface area (Å²) in [6.07, 6.45) is 1.81. The quantitative estimate of drug-likeness (QED) is 0.110. The molecule has 57 heavy (non-hydrogen) atoms. The molecule has 0 amide bonds. The van der Waals surface area contributed by atoms with Gasteiger partial charge in [-0.3, -0.25) is 0 Å². The van der Waals surface area contributed by atoms with Crippen LogP contribution in [-0.4, -0.2) is 7.11 Å². The minimum Gasteiger partial charge on any atom is -0.497 e. The summed E-state index contributed by atoms with van der Waals surface area (Å²) in [6.45, 7) is 2.13. The Balaban J connectivity index is 0.791. The molecule has 0 heterocycles. The maximum atomic E-state index is 6.09. The first-order chi connectivity index (χ1) is 28.0. The van der Waals surface area contributed by atoms with Gasteiger partial charge in [-0.1, -0.05) is 114 Å². The molecule has 0 saturated carbocycles. The van der Waals surface area contributed by atoms with E-state index in [0.29, 0.717) is 0 Å². The number of hydrogen-bond acceptors (Lipinski definition) is 5. The second-order valence-electron chi connectivity index (χ2n) is 13.9. The first-order valence-corrected chi connectivity index (χ1v) is 20.6. The molecular weight excluding hydrogens is 737 g/mol. The molecule has 0 aliphatic carbocycles. The van der Waals surface area contributed by atoms with Gasteiger partial charge in [0.2, 0.25) is 0 Å². The first-order valence-electron chi connectivity index (χ1n) is 19.0. The van der Waals surface area contributed by atoms with Crippen LogP contribution in [0.3, 0.4) is 0 Å². The molecule has 0 bridgehead atoms. The molecule has 3 nitrogen and oxygen atoms in total. The molecule has 0 aromatic heterocycles. The smallest absolute Gasteiger partial charge is 0.127 e. The lowest BCUT2D eigenvalue weighted by Crippen LogP contribution is -1.90. The molecule has 0 unspecified atom stereocenters. The average Bonchev–Trinajstić information content (AvgIpc) is 3.25. The van der Waals surface area contributed by atoms with Crippen LogP contribution in [0.2, 0.25) is 0 Å². The van der Waals surface area contributed by atoms with Crippen LogP contribution in [0, 0.1) is 6.92 Å². The Kier molecular flexibility index (Phi) is 12.1. The van der Waals surface area contributed by atoms with Gasteiger partial charge in [0.05, 0.1) is 7.11 Å². The Hall–Kier alpha value is -6.14. The van der Waals surface area contributed by atoms with Crippen molar-refractivity contribution in [3.63, 3.8) is 0 Å². The van der Waals surface area contributed by atoms with Gasteiger partial charge >= 0.3 is 0 Å². The predicted octanol–water partition coefficient (Wildman–Crippen LogP) is 14.7. The van der Waals surface area contributed by atoms with E-state index in [1.54, 1.807) is 30.6 Å². The van der Waals surface area contributed by atoms with Gasteiger partial charge in [-0.05, 0) is 162 Å². The third-order valence-corrected chi connectivity index (χ3v) is 11.6. The van der Waals surface area contributed by atoms with Gasteiger partial charge in [0.1, 0.15) is 28.7 Å². The topological polar surface area (TPSA) is 27.7 Å². The maximum absolute atomic E-state index is 6.09. The van der Waals surface area contributed by atoms with Crippen LogP contribution < -0.4 is 14.2 Å². The van der Waals surface area contributed by atoms with E-state index in [-0.39, 0.29) is 0 Å². The van der Waals surface area contributed by atoms with Crippen LogP contribution in [0.1, 0.15) is 27.8 Å². The predicted molar refractivity (Wildman–Crippen MR) is 236 cm³/mol. The Morgan fingerprint density at radius 2 is 0.579 bits per heavy atom. The second kappa shape index (κ2) is 18.2. The average molecular weight is 779 g/mol. The third kappa shape index (κ3) is 10.6. The summed E-state index contributed by atoms with van der Waals surface area (Å²) in [5, 5.41) is 0. The van der Waals surface area contributed by atoms with E-state index in [1.165, 1.54) is 58.5 Å². The lowest BCUT2D eigenvalue weighted by Gasteiger charge is -2.10. The fourth-order valence-corrected chi connectivity index (χ4v) is 8.03. The molecular formula is C52H42O3S2. The van der Waals surface area contributed by atoms with Crippen LogP contribution in [0.15, 0.2) is 214 Å². The van der Waals surface area contributed by atoms with Crippen molar-refractivity contribution in [3.8, 4) is 39.9 Å². The van der Waals surface area contributed by atoms with Gasteiger partial charge in [0, 0.05) is 19.6 Å². The fraction of sp³-hybridized carbons (Fsp3) is 0.0769. The van der Waals surface area contributed by atoms with E-state index in [0.717, 1.165) is 41.6 Å². The molecule has 0 radical (unpaired) electrons. The normalized spacial score (nSPS) is 10.9. The lowest BCUT2D eigenvalue weighted by atomic mass is 10.0. The first kappa shape index (κ1) is 37.8. The number of rotatable bonds is 14. The SMILES string of the molecule is COc1ccc(Oc2ccc(Oc3ccc(Cc4ccc(Sc5ccc(-c6ccc(Sc7ccc(Cc8ccc(C)cc8)cc7)cc6)cc5)cc4)cc3)cc2)cc1. The van der Waals surface area contributed by atoms with Crippen molar-refractivity contribution in [2.24, 2.45) is 0 Å². The fourth-order valence-electron chi connectivity index (χ4n) is 6.40. The van der Waals surface area contributed by atoms with Crippen molar-refractivity contribution in [3.05, 3.63) is 222 Å². The lowest BCUT2D eigenvalue weighted by molar-refractivity contribution is 0.413. The second-order valence-corrected chi connectivity index (χ2v) is 16.2. The van der Waals surface area contributed by atoms with E-state index in [4.69, 9.17) is 14.2 Å². The molecule has 280 valence electrons. The molecule has 0 N–H and O–H groups in total. The van der Waals surface area contributed by atoms with Gasteiger partial charge < -0.3 is 14.2 Å². The van der Waals surface area contributed by atoms with Crippen molar-refractivity contribution in [1.82, 2.24) is 0 Å². The molecule has 0 saturated heterocycles. The summed E-state index contributed by atoms with van der Waals surface area (Å²) in [5.74, 6) is 3.83. The summed E-state index contributed by atoms with van der Waals surface area (Å²) in [7, 11) is 1.65. The summed E-state index contributed by atoms with van der Waals surface area (Å²) in [5.41, 5.74) is 8.92. The number of hydrogen-bond donors (Lipinski definition) is 0. The van der Waals surface area contributed by atoms with Crippen LogP contribution in [0.25, 0.3) is 11.1 Å². The zero-order chi connectivity index (χ0) is 38.8. The molecule has 0 spiro atoms. The Bertz CT molecular complexity index is 2480. The molecule has 8 aromatic carbocycles. The van der Waals surface area contributed by atoms with Crippen molar-refractivity contribution < 1.29 is 14.2 Å². The number of aryl methyl sites for hydroxylation is 1. The van der Waals surface area contributed by atoms with Crippen molar-refractivity contribution in [1.29, 1.82) is 0 Å². The Morgan fingerprint density at radius 1 is 0.316 bits per heavy atom. The van der Waals surface area contributed by atoms with Crippen LogP contribution in [0.4, 0.5) is 0 Å². The monoisotopic (exact) mass is 778 g/mol. The number of ether oxygens (including phenoxy) is 3. The molecule has 0 aliphatic heterocycles. The molecule has 8 aromatic rings. The van der Waals surface area contributed by atoms with E-state index >= 15 is 0 Å². The molecule has 5 heteroatoms. The van der Waals surface area contributed by atoms with Crippen molar-refractivity contribution >= 4 is 23.5 Å². The van der Waals surface area contributed by atoms with Gasteiger partial charge in [-0.15, -0.1) is 0 Å². The molecule has 0 fully saturated rings. The number of methoxy groups -OCH3 is 1. The van der Waals surface area contributed by atoms with Crippen LogP contribution >= 0.6 is 23.5 Å². The summed E-state index contributed by atoms with van der Waals surface area (Å²) >= 11 is 3.59. The number of benzene rings is 8. The minimum absolute atomic E-state index is 0.741. The highest BCUT2D eigenvalue weighted by Gasteiger charge is 2.06. The van der Waals surface area contributed by atoms with Crippen molar-refractivity contribution in [2.75, 3.05) is 7.11 Å². The van der Waals surface area contributed by atoms with Gasteiger partial charge in [0.15, 0.2) is 0 Å². The van der Waals surface area contributed by atoms with Gasteiger partial charge in [-0.25, -0.2) is 0 Å².